The third-order valence-electron chi connectivity index (χ3n) is 1.99. The molecule has 0 radical (unpaired) electrons. The highest BCUT2D eigenvalue weighted by atomic mass is 19.4. The summed E-state index contributed by atoms with van der Waals surface area (Å²) >= 11 is 0. The highest BCUT2D eigenvalue weighted by molar-refractivity contribution is 5.30. The van der Waals surface area contributed by atoms with Gasteiger partial charge in [0.05, 0.1) is 19.6 Å². The summed E-state index contributed by atoms with van der Waals surface area (Å²) in [7, 11) is 1.24. The van der Waals surface area contributed by atoms with Crippen LogP contribution in [0.3, 0.4) is 0 Å². The molecule has 0 fully saturated rings. The fourth-order valence-corrected chi connectivity index (χ4v) is 1.23. The minimum Gasteiger partial charge on any atom is -0.494 e. The molecule has 1 unspecified atom stereocenters. The lowest BCUT2D eigenvalue weighted by atomic mass is 10.1. The van der Waals surface area contributed by atoms with Crippen molar-refractivity contribution in [2.75, 3.05) is 7.11 Å². The molecule has 0 aromatic heterocycles. The van der Waals surface area contributed by atoms with E-state index >= 15 is 0 Å². The second kappa shape index (κ2) is 4.69. The number of aliphatic hydroxyl groups is 1. The second-order valence-electron chi connectivity index (χ2n) is 3.23. The number of halogens is 4. The summed E-state index contributed by atoms with van der Waals surface area (Å²) in [4.78, 5) is 0. The van der Waals surface area contributed by atoms with E-state index in [0.717, 1.165) is 6.07 Å². The van der Waals surface area contributed by atoms with Crippen LogP contribution in [0.15, 0.2) is 18.2 Å². The van der Waals surface area contributed by atoms with E-state index in [1.807, 2.05) is 0 Å². The Labute approximate surface area is 89.5 Å². The van der Waals surface area contributed by atoms with Crippen molar-refractivity contribution in [2.45, 2.75) is 18.7 Å². The summed E-state index contributed by atoms with van der Waals surface area (Å²) in [5.74, 6) is -0.885. The molecule has 1 rings (SSSR count). The zero-order valence-corrected chi connectivity index (χ0v) is 8.38. The molecule has 6 heteroatoms. The van der Waals surface area contributed by atoms with Crippen molar-refractivity contribution < 1.29 is 27.4 Å². The third-order valence-corrected chi connectivity index (χ3v) is 1.99. The molecule has 16 heavy (non-hydrogen) atoms. The van der Waals surface area contributed by atoms with Gasteiger partial charge in [0.25, 0.3) is 0 Å². The van der Waals surface area contributed by atoms with Crippen LogP contribution in [0.2, 0.25) is 0 Å². The van der Waals surface area contributed by atoms with E-state index in [0.29, 0.717) is 0 Å². The van der Waals surface area contributed by atoms with Gasteiger partial charge in [-0.1, -0.05) is 6.07 Å². The van der Waals surface area contributed by atoms with Crippen molar-refractivity contribution >= 4 is 0 Å². The van der Waals surface area contributed by atoms with Gasteiger partial charge in [-0.15, -0.1) is 0 Å². The maximum absolute atomic E-state index is 13.1. The van der Waals surface area contributed by atoms with Crippen molar-refractivity contribution in [3.63, 3.8) is 0 Å². The summed E-state index contributed by atoms with van der Waals surface area (Å²) in [5, 5.41) is 9.22. The summed E-state index contributed by atoms with van der Waals surface area (Å²) in [6.07, 6.45) is -7.66. The van der Waals surface area contributed by atoms with Gasteiger partial charge >= 0.3 is 6.18 Å². The van der Waals surface area contributed by atoms with Crippen molar-refractivity contribution in [3.05, 3.63) is 29.6 Å². The fraction of sp³-hybridized carbons (Fsp3) is 0.400. The van der Waals surface area contributed by atoms with E-state index in [-0.39, 0.29) is 11.3 Å². The Hall–Kier alpha value is -1.30. The van der Waals surface area contributed by atoms with Crippen molar-refractivity contribution in [3.8, 4) is 5.75 Å². The average molecular weight is 238 g/mol. The van der Waals surface area contributed by atoms with Crippen LogP contribution in [0.1, 0.15) is 18.1 Å². The number of aliphatic hydroxyl groups excluding tert-OH is 1. The molecule has 2 nitrogen and oxygen atoms in total. The number of hydrogen-bond acceptors (Lipinski definition) is 2. The first-order valence-corrected chi connectivity index (χ1v) is 4.42. The molecule has 90 valence electrons. The molecule has 0 aliphatic rings. The van der Waals surface area contributed by atoms with E-state index < -0.39 is 24.5 Å². The third kappa shape index (κ3) is 3.37. The summed E-state index contributed by atoms with van der Waals surface area (Å²) in [5.41, 5.74) is -0.129. The van der Waals surface area contributed by atoms with E-state index in [1.165, 1.54) is 19.2 Å². The molecule has 1 aromatic carbocycles. The normalized spacial score (nSPS) is 13.6. The molecule has 1 aromatic rings. The maximum Gasteiger partial charge on any atom is 0.391 e. The smallest absolute Gasteiger partial charge is 0.391 e. The van der Waals surface area contributed by atoms with Gasteiger partial charge in [-0.2, -0.15) is 13.2 Å². The van der Waals surface area contributed by atoms with Crippen LogP contribution in [-0.4, -0.2) is 18.4 Å². The molecule has 1 atom stereocenters. The molecule has 1 N–H and O–H groups in total. The number of methoxy groups -OCH3 is 1. The molecular weight excluding hydrogens is 228 g/mol. The molecule has 0 saturated carbocycles. The van der Waals surface area contributed by atoms with Crippen LogP contribution in [0.25, 0.3) is 0 Å². The molecule has 0 aliphatic heterocycles. The van der Waals surface area contributed by atoms with Crippen molar-refractivity contribution in [1.29, 1.82) is 0 Å². The van der Waals surface area contributed by atoms with Crippen LogP contribution >= 0.6 is 0 Å². The highest BCUT2D eigenvalue weighted by Gasteiger charge is 2.31. The monoisotopic (exact) mass is 238 g/mol. The SMILES string of the molecule is COc1ccc(C(O)CC(F)(F)F)cc1F. The lowest BCUT2D eigenvalue weighted by Gasteiger charge is -2.14. The van der Waals surface area contributed by atoms with E-state index in [4.69, 9.17) is 0 Å². The first-order chi connectivity index (χ1) is 7.33. The van der Waals surface area contributed by atoms with Gasteiger partial charge in [0.15, 0.2) is 11.6 Å². The van der Waals surface area contributed by atoms with Gasteiger partial charge in [-0.3, -0.25) is 0 Å². The van der Waals surface area contributed by atoms with Gasteiger partial charge in [0, 0.05) is 0 Å². The van der Waals surface area contributed by atoms with E-state index in [2.05, 4.69) is 4.74 Å². The molecule has 0 amide bonds. The Balaban J connectivity index is 2.85. The zero-order valence-electron chi connectivity index (χ0n) is 8.38. The summed E-state index contributed by atoms with van der Waals surface area (Å²) in [6, 6.07) is 3.19. The number of hydrogen-bond donors (Lipinski definition) is 1. The van der Waals surface area contributed by atoms with Gasteiger partial charge in [0.2, 0.25) is 0 Å². The molecule has 0 aliphatic carbocycles. The maximum atomic E-state index is 13.1. The number of alkyl halides is 3. The molecule has 0 bridgehead atoms. The lowest BCUT2D eigenvalue weighted by Crippen LogP contribution is -2.13. The largest absolute Gasteiger partial charge is 0.494 e. The number of benzene rings is 1. The molecule has 0 heterocycles. The van der Waals surface area contributed by atoms with Crippen LogP contribution in [-0.2, 0) is 0 Å². The Morgan fingerprint density at radius 3 is 2.44 bits per heavy atom. The highest BCUT2D eigenvalue weighted by Crippen LogP contribution is 2.30. The summed E-state index contributed by atoms with van der Waals surface area (Å²) in [6.45, 7) is 0. The summed E-state index contributed by atoms with van der Waals surface area (Å²) < 4.78 is 53.6. The predicted molar refractivity (Wildman–Crippen MR) is 48.6 cm³/mol. The molecule has 0 spiro atoms. The Morgan fingerprint density at radius 1 is 1.38 bits per heavy atom. The molecular formula is C10H10F4O2. The quantitative estimate of drug-likeness (QED) is 0.820. The van der Waals surface area contributed by atoms with E-state index in [1.54, 1.807) is 0 Å². The first kappa shape index (κ1) is 12.8. The van der Waals surface area contributed by atoms with Crippen LogP contribution < -0.4 is 4.74 Å². The number of ether oxygens (including phenoxy) is 1. The first-order valence-electron chi connectivity index (χ1n) is 4.42. The minimum absolute atomic E-state index is 0.0806. The van der Waals surface area contributed by atoms with E-state index in [9.17, 15) is 22.7 Å². The predicted octanol–water partition coefficient (Wildman–Crippen LogP) is 2.82. The van der Waals surface area contributed by atoms with Crippen LogP contribution in [0, 0.1) is 5.82 Å². The van der Waals surface area contributed by atoms with Crippen LogP contribution in [0.5, 0.6) is 5.75 Å². The minimum atomic E-state index is -4.49. The van der Waals surface area contributed by atoms with Crippen molar-refractivity contribution in [2.24, 2.45) is 0 Å². The van der Waals surface area contributed by atoms with Gasteiger partial charge in [0.1, 0.15) is 0 Å². The van der Waals surface area contributed by atoms with Crippen LogP contribution in [0.4, 0.5) is 17.6 Å². The van der Waals surface area contributed by atoms with Gasteiger partial charge < -0.3 is 9.84 Å². The fourth-order valence-electron chi connectivity index (χ4n) is 1.23. The van der Waals surface area contributed by atoms with Gasteiger partial charge in [-0.05, 0) is 17.7 Å². The second-order valence-corrected chi connectivity index (χ2v) is 3.23. The topological polar surface area (TPSA) is 29.5 Å². The Morgan fingerprint density at radius 2 is 2.00 bits per heavy atom. The average Bonchev–Trinajstić information content (AvgIpc) is 2.15. The Bertz CT molecular complexity index is 362. The van der Waals surface area contributed by atoms with Gasteiger partial charge in [-0.25, -0.2) is 4.39 Å². The molecule has 0 saturated heterocycles. The standard InChI is InChI=1S/C10H10F4O2/c1-16-9-3-2-6(4-7(9)11)8(15)5-10(12,13)14/h2-4,8,15H,5H2,1H3. The Kier molecular flexibility index (Phi) is 3.74. The lowest BCUT2D eigenvalue weighted by molar-refractivity contribution is -0.154. The number of rotatable bonds is 3. The zero-order chi connectivity index (χ0) is 12.3. The van der Waals surface area contributed by atoms with Crippen molar-refractivity contribution in [1.82, 2.24) is 0 Å².